The fourth-order valence-electron chi connectivity index (χ4n) is 1.91. The molecule has 0 saturated carbocycles. The molecule has 0 fully saturated rings. The second-order valence-electron chi connectivity index (χ2n) is 5.89. The largest absolute Gasteiger partial charge is 0.357 e. The maximum absolute atomic E-state index is 4.64. The zero-order chi connectivity index (χ0) is 17.5. The molecule has 2 heterocycles. The van der Waals surface area contributed by atoms with Crippen LogP contribution in [0.1, 0.15) is 43.1 Å². The second-order valence-corrected chi connectivity index (χ2v) is 7.66. The first-order chi connectivity index (χ1) is 11.5. The number of guanidine groups is 1. The summed E-state index contributed by atoms with van der Waals surface area (Å²) in [5, 5.41) is 12.9. The normalized spacial score (nSPS) is 11.8. The molecule has 0 aliphatic carbocycles. The van der Waals surface area contributed by atoms with Gasteiger partial charge in [0.05, 0.1) is 24.5 Å². The minimum atomic E-state index is 0.465. The summed E-state index contributed by atoms with van der Waals surface area (Å²) in [4.78, 5) is 15.8. The topological polar surface area (TPSA) is 65.4 Å². The SMILES string of the molecule is CCNC(=NCc1csc(N(C)C)n1)NCc1nc(C(C)C)cs1. The molecular weight excluding hydrogens is 340 g/mol. The van der Waals surface area contributed by atoms with Crippen LogP contribution in [0.4, 0.5) is 5.13 Å². The Bertz CT molecular complexity index is 659. The number of nitrogens with zero attached hydrogens (tertiary/aromatic N) is 4. The highest BCUT2D eigenvalue weighted by molar-refractivity contribution is 7.13. The Hall–Kier alpha value is -1.67. The Morgan fingerprint density at radius 1 is 1.21 bits per heavy atom. The van der Waals surface area contributed by atoms with Gasteiger partial charge in [0.1, 0.15) is 5.01 Å². The summed E-state index contributed by atoms with van der Waals surface area (Å²) in [6.07, 6.45) is 0. The van der Waals surface area contributed by atoms with Crippen LogP contribution in [0.15, 0.2) is 15.8 Å². The summed E-state index contributed by atoms with van der Waals surface area (Å²) in [5.41, 5.74) is 2.13. The zero-order valence-electron chi connectivity index (χ0n) is 15.0. The van der Waals surface area contributed by atoms with Crippen molar-refractivity contribution in [2.24, 2.45) is 4.99 Å². The summed E-state index contributed by atoms with van der Waals surface area (Å²) >= 11 is 3.32. The van der Waals surface area contributed by atoms with E-state index in [4.69, 9.17) is 0 Å². The van der Waals surface area contributed by atoms with Gasteiger partial charge in [-0.2, -0.15) is 0 Å². The van der Waals surface area contributed by atoms with Gasteiger partial charge in [-0.3, -0.25) is 0 Å². The predicted octanol–water partition coefficient (Wildman–Crippen LogP) is 3.04. The van der Waals surface area contributed by atoms with Crippen LogP contribution < -0.4 is 15.5 Å². The minimum Gasteiger partial charge on any atom is -0.357 e. The summed E-state index contributed by atoms with van der Waals surface area (Å²) in [6, 6.07) is 0. The average Bonchev–Trinajstić information content (AvgIpc) is 3.19. The first-order valence-corrected chi connectivity index (χ1v) is 9.83. The van der Waals surface area contributed by atoms with Crippen molar-refractivity contribution in [1.29, 1.82) is 0 Å². The summed E-state index contributed by atoms with van der Waals surface area (Å²) in [7, 11) is 3.99. The van der Waals surface area contributed by atoms with E-state index in [-0.39, 0.29) is 0 Å². The number of aliphatic imine (C=N–C) groups is 1. The van der Waals surface area contributed by atoms with E-state index in [1.807, 2.05) is 19.0 Å². The molecule has 0 saturated heterocycles. The molecule has 0 spiro atoms. The smallest absolute Gasteiger partial charge is 0.191 e. The Morgan fingerprint density at radius 2 is 2.00 bits per heavy atom. The van der Waals surface area contributed by atoms with Gasteiger partial charge in [0.25, 0.3) is 0 Å². The standard InChI is InChI=1S/C16H26N6S2/c1-6-17-15(18-7-12-9-24-16(20-12)22(4)5)19-8-14-21-13(10-23-14)11(2)3/h9-11H,6-8H2,1-5H3,(H2,17,18,19). The fourth-order valence-corrected chi connectivity index (χ4v) is 3.55. The molecule has 0 amide bonds. The molecule has 0 radical (unpaired) electrons. The van der Waals surface area contributed by atoms with E-state index in [9.17, 15) is 0 Å². The number of thiazole rings is 2. The summed E-state index contributed by atoms with van der Waals surface area (Å²) in [5.74, 6) is 1.26. The van der Waals surface area contributed by atoms with Gasteiger partial charge < -0.3 is 15.5 Å². The van der Waals surface area contributed by atoms with Crippen LogP contribution in [0.2, 0.25) is 0 Å². The van der Waals surface area contributed by atoms with Crippen LogP contribution in [0.3, 0.4) is 0 Å². The third-order valence-corrected chi connectivity index (χ3v) is 5.16. The predicted molar refractivity (Wildman–Crippen MR) is 104 cm³/mol. The van der Waals surface area contributed by atoms with Gasteiger partial charge in [-0.1, -0.05) is 13.8 Å². The lowest BCUT2D eigenvalue weighted by Gasteiger charge is -2.09. The Labute approximate surface area is 152 Å². The van der Waals surface area contributed by atoms with Crippen molar-refractivity contribution in [3.63, 3.8) is 0 Å². The van der Waals surface area contributed by atoms with E-state index in [2.05, 4.69) is 57.1 Å². The van der Waals surface area contributed by atoms with Gasteiger partial charge in [0, 0.05) is 31.4 Å². The number of hydrogen-bond acceptors (Lipinski definition) is 6. The van der Waals surface area contributed by atoms with E-state index < -0.39 is 0 Å². The lowest BCUT2D eigenvalue weighted by atomic mass is 10.2. The Kier molecular flexibility index (Phi) is 6.99. The van der Waals surface area contributed by atoms with Crippen LogP contribution in [-0.4, -0.2) is 36.6 Å². The molecule has 0 aromatic carbocycles. The first-order valence-electron chi connectivity index (χ1n) is 8.07. The molecule has 132 valence electrons. The number of aromatic nitrogens is 2. The Morgan fingerprint density at radius 3 is 2.58 bits per heavy atom. The fraction of sp³-hybridized carbons (Fsp3) is 0.562. The van der Waals surface area contributed by atoms with E-state index in [0.717, 1.165) is 34.0 Å². The lowest BCUT2D eigenvalue weighted by molar-refractivity contribution is 0.786. The summed E-state index contributed by atoms with van der Waals surface area (Å²) in [6.45, 7) is 8.45. The van der Waals surface area contributed by atoms with Crippen LogP contribution in [0.5, 0.6) is 0 Å². The molecule has 0 aliphatic rings. The maximum atomic E-state index is 4.64. The highest BCUT2D eigenvalue weighted by atomic mass is 32.1. The molecule has 6 nitrogen and oxygen atoms in total. The van der Waals surface area contributed by atoms with Crippen molar-refractivity contribution < 1.29 is 0 Å². The molecule has 2 rings (SSSR count). The maximum Gasteiger partial charge on any atom is 0.191 e. The minimum absolute atomic E-state index is 0.465. The van der Waals surface area contributed by atoms with Gasteiger partial charge in [0.2, 0.25) is 0 Å². The molecule has 2 N–H and O–H groups in total. The van der Waals surface area contributed by atoms with Crippen LogP contribution in [-0.2, 0) is 13.1 Å². The van der Waals surface area contributed by atoms with Crippen molar-refractivity contribution in [2.45, 2.75) is 39.8 Å². The quantitative estimate of drug-likeness (QED) is 0.582. The zero-order valence-corrected chi connectivity index (χ0v) is 16.6. The van der Waals surface area contributed by atoms with E-state index in [0.29, 0.717) is 19.0 Å². The van der Waals surface area contributed by atoms with Gasteiger partial charge in [-0.05, 0) is 12.8 Å². The second kappa shape index (κ2) is 8.98. The average molecular weight is 367 g/mol. The Balaban J connectivity index is 1.94. The molecule has 8 heteroatoms. The van der Waals surface area contributed by atoms with Gasteiger partial charge in [-0.15, -0.1) is 22.7 Å². The molecule has 2 aromatic heterocycles. The van der Waals surface area contributed by atoms with E-state index in [1.54, 1.807) is 22.7 Å². The highest BCUT2D eigenvalue weighted by Gasteiger charge is 2.07. The highest BCUT2D eigenvalue weighted by Crippen LogP contribution is 2.19. The monoisotopic (exact) mass is 366 g/mol. The van der Waals surface area contributed by atoms with E-state index in [1.165, 1.54) is 0 Å². The van der Waals surface area contributed by atoms with Crippen molar-refractivity contribution in [2.75, 3.05) is 25.5 Å². The molecule has 0 aliphatic heterocycles. The first kappa shape index (κ1) is 18.7. The molecule has 0 unspecified atom stereocenters. The van der Waals surface area contributed by atoms with Gasteiger partial charge in [0.15, 0.2) is 11.1 Å². The lowest BCUT2D eigenvalue weighted by Crippen LogP contribution is -2.36. The number of hydrogen-bond donors (Lipinski definition) is 2. The van der Waals surface area contributed by atoms with Crippen LogP contribution in [0.25, 0.3) is 0 Å². The third-order valence-electron chi connectivity index (χ3n) is 3.23. The summed E-state index contributed by atoms with van der Waals surface area (Å²) < 4.78 is 0. The van der Waals surface area contributed by atoms with Crippen molar-refractivity contribution in [3.8, 4) is 0 Å². The molecule has 0 bridgehead atoms. The molecule has 24 heavy (non-hydrogen) atoms. The molecule has 0 atom stereocenters. The van der Waals surface area contributed by atoms with Crippen LogP contribution in [0, 0.1) is 0 Å². The molecule has 2 aromatic rings. The van der Waals surface area contributed by atoms with Crippen molar-refractivity contribution in [1.82, 2.24) is 20.6 Å². The third kappa shape index (κ3) is 5.45. The van der Waals surface area contributed by atoms with Gasteiger partial charge >= 0.3 is 0 Å². The molecular formula is C16H26N6S2. The van der Waals surface area contributed by atoms with Crippen LogP contribution >= 0.6 is 22.7 Å². The van der Waals surface area contributed by atoms with Crippen molar-refractivity contribution in [3.05, 3.63) is 27.2 Å². The number of nitrogens with one attached hydrogen (secondary N) is 2. The number of rotatable bonds is 7. The van der Waals surface area contributed by atoms with Gasteiger partial charge in [-0.25, -0.2) is 15.0 Å². The van der Waals surface area contributed by atoms with Crippen molar-refractivity contribution >= 4 is 33.8 Å². The number of anilines is 1. The van der Waals surface area contributed by atoms with E-state index >= 15 is 0 Å².